The Morgan fingerprint density at radius 1 is 1.17 bits per heavy atom. The number of rotatable bonds is 4. The van der Waals surface area contributed by atoms with E-state index < -0.39 is 0 Å². The number of ether oxygens (including phenoxy) is 1. The number of aromatic nitrogens is 1. The van der Waals surface area contributed by atoms with E-state index in [-0.39, 0.29) is 12.0 Å². The van der Waals surface area contributed by atoms with Crippen LogP contribution in [0.5, 0.6) is 5.88 Å². The van der Waals surface area contributed by atoms with Gasteiger partial charge in [-0.05, 0) is 34.8 Å². The molecule has 0 aliphatic carbocycles. The highest BCUT2D eigenvalue weighted by molar-refractivity contribution is 6.31. The van der Waals surface area contributed by atoms with Crippen molar-refractivity contribution < 1.29 is 9.84 Å². The lowest BCUT2D eigenvalue weighted by atomic mass is 9.86. The van der Waals surface area contributed by atoms with Crippen molar-refractivity contribution in [2.24, 2.45) is 0 Å². The molecule has 23 heavy (non-hydrogen) atoms. The first kappa shape index (κ1) is 17.5. The van der Waals surface area contributed by atoms with E-state index in [9.17, 15) is 5.11 Å². The van der Waals surface area contributed by atoms with Gasteiger partial charge in [-0.3, -0.25) is 0 Å². The maximum Gasteiger partial charge on any atom is 0.232 e. The molecule has 3 nitrogen and oxygen atoms in total. The lowest BCUT2D eigenvalue weighted by Gasteiger charge is -2.19. The number of pyridine rings is 1. The fraction of sp³-hybridized carbons (Fsp3) is 0.316. The smallest absolute Gasteiger partial charge is 0.232 e. The third kappa shape index (κ3) is 4.12. The third-order valence-electron chi connectivity index (χ3n) is 3.64. The number of nitrogens with zero attached hydrogens (tertiary/aromatic N) is 1. The minimum atomic E-state index is -0.0665. The molecule has 0 saturated carbocycles. The van der Waals surface area contributed by atoms with Gasteiger partial charge in [0.2, 0.25) is 5.88 Å². The molecule has 4 heteroatoms. The molecule has 0 aliphatic rings. The Morgan fingerprint density at radius 3 is 2.35 bits per heavy atom. The zero-order valence-electron chi connectivity index (χ0n) is 13.9. The van der Waals surface area contributed by atoms with Gasteiger partial charge in [-0.2, -0.15) is 0 Å². The van der Waals surface area contributed by atoms with E-state index in [4.69, 9.17) is 16.3 Å². The summed E-state index contributed by atoms with van der Waals surface area (Å²) in [6, 6.07) is 11.9. The zero-order chi connectivity index (χ0) is 17.0. The molecule has 122 valence electrons. The molecular weight excluding hydrogens is 310 g/mol. The molecule has 0 atom stereocenters. The Morgan fingerprint density at radius 2 is 1.83 bits per heavy atom. The molecule has 0 radical (unpaired) electrons. The first-order valence-corrected chi connectivity index (χ1v) is 7.87. The highest BCUT2D eigenvalue weighted by Gasteiger charge is 2.15. The Labute approximate surface area is 142 Å². The van der Waals surface area contributed by atoms with E-state index in [0.717, 1.165) is 11.1 Å². The van der Waals surface area contributed by atoms with Gasteiger partial charge in [0, 0.05) is 5.57 Å². The quantitative estimate of drug-likeness (QED) is 0.899. The summed E-state index contributed by atoms with van der Waals surface area (Å²) in [7, 11) is 1.53. The first-order chi connectivity index (χ1) is 10.9. The van der Waals surface area contributed by atoms with Crippen molar-refractivity contribution in [3.63, 3.8) is 0 Å². The lowest BCUT2D eigenvalue weighted by Crippen LogP contribution is -2.10. The summed E-state index contributed by atoms with van der Waals surface area (Å²) in [5, 5.41) is 9.82. The molecular formula is C19H22ClNO2. The molecule has 2 aromatic rings. The molecule has 1 heterocycles. The summed E-state index contributed by atoms with van der Waals surface area (Å²) < 4.78 is 5.18. The van der Waals surface area contributed by atoms with E-state index in [0.29, 0.717) is 16.6 Å². The van der Waals surface area contributed by atoms with Gasteiger partial charge in [-0.15, -0.1) is 0 Å². The Kier molecular flexibility index (Phi) is 5.45. The van der Waals surface area contributed by atoms with Crippen molar-refractivity contribution in [1.29, 1.82) is 0 Å². The van der Waals surface area contributed by atoms with E-state index in [1.54, 1.807) is 12.1 Å². The van der Waals surface area contributed by atoms with E-state index in [2.05, 4.69) is 37.9 Å². The summed E-state index contributed by atoms with van der Waals surface area (Å²) in [5.74, 6) is 0.374. The predicted octanol–water partition coefficient (Wildman–Crippen LogP) is 4.47. The molecule has 0 aliphatic heterocycles. The van der Waals surface area contributed by atoms with Gasteiger partial charge in [-0.25, -0.2) is 4.98 Å². The van der Waals surface area contributed by atoms with Crippen LogP contribution < -0.4 is 4.74 Å². The summed E-state index contributed by atoms with van der Waals surface area (Å²) in [6.07, 6.45) is 1.74. The summed E-state index contributed by atoms with van der Waals surface area (Å²) in [5.41, 5.74) is 3.91. The second kappa shape index (κ2) is 7.16. The van der Waals surface area contributed by atoms with E-state index in [1.807, 2.05) is 18.2 Å². The topological polar surface area (TPSA) is 42.4 Å². The highest BCUT2D eigenvalue weighted by atomic mass is 35.5. The second-order valence-corrected chi connectivity index (χ2v) is 6.72. The molecule has 0 unspecified atom stereocenters. The van der Waals surface area contributed by atoms with Crippen molar-refractivity contribution in [2.45, 2.75) is 26.2 Å². The highest BCUT2D eigenvalue weighted by Crippen LogP contribution is 2.29. The minimum Gasteiger partial charge on any atom is -0.480 e. The van der Waals surface area contributed by atoms with Gasteiger partial charge in [-0.1, -0.05) is 56.6 Å². The van der Waals surface area contributed by atoms with Crippen molar-refractivity contribution in [3.05, 3.63) is 64.3 Å². The van der Waals surface area contributed by atoms with Crippen LogP contribution >= 0.6 is 11.6 Å². The van der Waals surface area contributed by atoms with Gasteiger partial charge in [0.05, 0.1) is 19.4 Å². The van der Waals surface area contributed by atoms with Gasteiger partial charge >= 0.3 is 0 Å². The lowest BCUT2D eigenvalue weighted by molar-refractivity contribution is 0.343. The van der Waals surface area contributed by atoms with E-state index >= 15 is 0 Å². The number of hydrogen-bond donors (Lipinski definition) is 1. The van der Waals surface area contributed by atoms with Crippen LogP contribution in [0.25, 0.3) is 5.57 Å². The van der Waals surface area contributed by atoms with Gasteiger partial charge in [0.15, 0.2) is 0 Å². The fourth-order valence-corrected chi connectivity index (χ4v) is 2.51. The van der Waals surface area contributed by atoms with Gasteiger partial charge in [0.25, 0.3) is 0 Å². The number of benzene rings is 1. The molecule has 0 bridgehead atoms. The predicted molar refractivity (Wildman–Crippen MR) is 95.1 cm³/mol. The monoisotopic (exact) mass is 331 g/mol. The molecule has 0 spiro atoms. The number of halogens is 1. The summed E-state index contributed by atoms with van der Waals surface area (Å²) in [4.78, 5) is 4.42. The molecule has 1 aromatic heterocycles. The standard InChI is InChI=1S/C19H22ClNO2/c1-19(2,3)14-7-5-13(6-8-14)15(11-12-22)17-10-9-16(20)18(21-17)23-4/h5-11,22H,12H2,1-4H3/b15-11+. The van der Waals surface area contributed by atoms with Crippen molar-refractivity contribution in [1.82, 2.24) is 4.98 Å². The Hall–Kier alpha value is -1.84. The van der Waals surface area contributed by atoms with Crippen LogP contribution in [0.2, 0.25) is 5.02 Å². The van der Waals surface area contributed by atoms with Crippen LogP contribution in [0.1, 0.15) is 37.6 Å². The number of hydrogen-bond acceptors (Lipinski definition) is 3. The number of aliphatic hydroxyl groups is 1. The van der Waals surface area contributed by atoms with Crippen molar-refractivity contribution >= 4 is 17.2 Å². The molecule has 0 fully saturated rings. The SMILES string of the molecule is COc1nc(/C(=C/CO)c2ccc(C(C)(C)C)cc2)ccc1Cl. The van der Waals surface area contributed by atoms with Gasteiger partial charge in [0.1, 0.15) is 5.02 Å². The molecule has 0 saturated heterocycles. The average molecular weight is 332 g/mol. The largest absolute Gasteiger partial charge is 0.480 e. The Bertz CT molecular complexity index is 700. The van der Waals surface area contributed by atoms with Crippen LogP contribution in [0.3, 0.4) is 0 Å². The van der Waals surface area contributed by atoms with Gasteiger partial charge < -0.3 is 9.84 Å². The second-order valence-electron chi connectivity index (χ2n) is 6.32. The fourth-order valence-electron chi connectivity index (χ4n) is 2.33. The third-order valence-corrected chi connectivity index (χ3v) is 3.93. The maximum absolute atomic E-state index is 9.36. The van der Waals surface area contributed by atoms with Crippen LogP contribution in [0.15, 0.2) is 42.5 Å². The minimum absolute atomic E-state index is 0.0665. The summed E-state index contributed by atoms with van der Waals surface area (Å²) in [6.45, 7) is 6.47. The van der Waals surface area contributed by atoms with Crippen LogP contribution in [0, 0.1) is 0 Å². The van der Waals surface area contributed by atoms with Crippen molar-refractivity contribution in [3.8, 4) is 5.88 Å². The molecule has 1 aromatic carbocycles. The average Bonchev–Trinajstić information content (AvgIpc) is 2.53. The Balaban J connectivity index is 2.45. The molecule has 0 amide bonds. The van der Waals surface area contributed by atoms with Crippen LogP contribution in [0.4, 0.5) is 0 Å². The van der Waals surface area contributed by atoms with Crippen LogP contribution in [-0.2, 0) is 5.41 Å². The normalized spacial score (nSPS) is 12.3. The molecule has 2 rings (SSSR count). The number of methoxy groups -OCH3 is 1. The zero-order valence-corrected chi connectivity index (χ0v) is 14.7. The number of aliphatic hydroxyl groups excluding tert-OH is 1. The van der Waals surface area contributed by atoms with E-state index in [1.165, 1.54) is 12.7 Å². The first-order valence-electron chi connectivity index (χ1n) is 7.49. The van der Waals surface area contributed by atoms with Crippen molar-refractivity contribution in [2.75, 3.05) is 13.7 Å². The maximum atomic E-state index is 9.36. The van der Waals surface area contributed by atoms with Crippen LogP contribution in [-0.4, -0.2) is 23.8 Å². The summed E-state index contributed by atoms with van der Waals surface area (Å²) >= 11 is 6.04. The molecule has 1 N–H and O–H groups in total.